The number of carbonyl (C=O) groups excluding carboxylic acids is 2. The molecular formula is C24H27Cl2FN2O2. The third-order valence-corrected chi connectivity index (χ3v) is 6.47. The third-order valence-electron chi connectivity index (χ3n) is 5.90. The van der Waals surface area contributed by atoms with E-state index in [1.807, 2.05) is 0 Å². The van der Waals surface area contributed by atoms with Crippen LogP contribution in [0.15, 0.2) is 48.5 Å². The van der Waals surface area contributed by atoms with Gasteiger partial charge in [0.1, 0.15) is 17.7 Å². The van der Waals surface area contributed by atoms with Crippen LogP contribution in [0.5, 0.6) is 0 Å². The monoisotopic (exact) mass is 464 g/mol. The summed E-state index contributed by atoms with van der Waals surface area (Å²) in [4.78, 5) is 27.8. The molecule has 1 saturated carbocycles. The zero-order chi connectivity index (χ0) is 22.4. The van der Waals surface area contributed by atoms with Crippen LogP contribution in [-0.4, -0.2) is 28.6 Å². The maximum atomic E-state index is 13.5. The Labute approximate surface area is 192 Å². The largest absolute Gasteiger partial charge is 0.351 e. The van der Waals surface area contributed by atoms with Crippen LogP contribution in [0.2, 0.25) is 5.02 Å². The lowest BCUT2D eigenvalue weighted by molar-refractivity contribution is -0.140. The molecule has 0 bridgehead atoms. The van der Waals surface area contributed by atoms with E-state index < -0.39 is 11.9 Å². The smallest absolute Gasteiger partial charge is 0.247 e. The van der Waals surface area contributed by atoms with Crippen LogP contribution in [-0.2, 0) is 16.1 Å². The lowest BCUT2D eigenvalue weighted by Crippen LogP contribution is -2.49. The van der Waals surface area contributed by atoms with E-state index in [0.29, 0.717) is 22.1 Å². The number of hydrogen-bond acceptors (Lipinski definition) is 2. The Kier molecular flexibility index (Phi) is 8.33. The quantitative estimate of drug-likeness (QED) is 0.551. The van der Waals surface area contributed by atoms with Crippen molar-refractivity contribution >= 4 is 35.0 Å². The zero-order valence-corrected chi connectivity index (χ0v) is 19.0. The highest BCUT2D eigenvalue weighted by Crippen LogP contribution is 2.31. The second kappa shape index (κ2) is 11.0. The van der Waals surface area contributed by atoms with E-state index in [9.17, 15) is 14.0 Å². The van der Waals surface area contributed by atoms with E-state index in [-0.39, 0.29) is 30.2 Å². The number of nitrogens with zero attached hydrogens (tertiary/aromatic N) is 1. The molecule has 0 unspecified atom stereocenters. The predicted octanol–water partition coefficient (Wildman–Crippen LogP) is 5.48. The molecule has 2 amide bonds. The summed E-state index contributed by atoms with van der Waals surface area (Å²) < 4.78 is 13.4. The summed E-state index contributed by atoms with van der Waals surface area (Å²) in [7, 11) is 0. The van der Waals surface area contributed by atoms with Crippen molar-refractivity contribution in [2.75, 3.05) is 5.88 Å². The lowest BCUT2D eigenvalue weighted by Gasteiger charge is -2.35. The molecule has 0 aliphatic heterocycles. The van der Waals surface area contributed by atoms with Crippen LogP contribution < -0.4 is 5.32 Å². The van der Waals surface area contributed by atoms with Crippen LogP contribution >= 0.6 is 23.2 Å². The summed E-state index contributed by atoms with van der Waals surface area (Å²) in [5.74, 6) is -0.977. The molecule has 2 aromatic rings. The van der Waals surface area contributed by atoms with E-state index in [1.165, 1.54) is 17.0 Å². The molecule has 7 heteroatoms. The molecule has 3 rings (SSSR count). The highest BCUT2D eigenvalue weighted by Gasteiger charge is 2.34. The molecule has 0 aromatic heterocycles. The fourth-order valence-corrected chi connectivity index (χ4v) is 4.52. The van der Waals surface area contributed by atoms with Crippen molar-refractivity contribution in [1.82, 2.24) is 10.2 Å². The van der Waals surface area contributed by atoms with Crippen molar-refractivity contribution in [3.63, 3.8) is 0 Å². The fourth-order valence-electron chi connectivity index (χ4n) is 4.13. The molecule has 0 radical (unpaired) electrons. The predicted molar refractivity (Wildman–Crippen MR) is 121 cm³/mol. The number of rotatable bonds is 7. The van der Waals surface area contributed by atoms with Gasteiger partial charge in [0.2, 0.25) is 11.8 Å². The highest BCUT2D eigenvalue weighted by molar-refractivity contribution is 6.31. The number of alkyl halides is 1. The van der Waals surface area contributed by atoms with Gasteiger partial charge < -0.3 is 10.2 Å². The van der Waals surface area contributed by atoms with Gasteiger partial charge in [-0.2, -0.15) is 0 Å². The number of carbonyl (C=O) groups is 2. The van der Waals surface area contributed by atoms with Crippen LogP contribution in [0, 0.1) is 11.7 Å². The van der Waals surface area contributed by atoms with E-state index in [4.69, 9.17) is 23.2 Å². The van der Waals surface area contributed by atoms with Gasteiger partial charge in [-0.3, -0.25) is 9.59 Å². The van der Waals surface area contributed by atoms with E-state index in [0.717, 1.165) is 25.7 Å². The number of hydrogen-bond donors (Lipinski definition) is 1. The Balaban J connectivity index is 1.97. The van der Waals surface area contributed by atoms with Gasteiger partial charge in [0, 0.05) is 23.2 Å². The van der Waals surface area contributed by atoms with Crippen molar-refractivity contribution in [3.8, 4) is 0 Å². The zero-order valence-electron chi connectivity index (χ0n) is 17.5. The average molecular weight is 465 g/mol. The first-order chi connectivity index (χ1) is 14.9. The standard InChI is InChI=1S/C24H27Cl2FN2O2/c1-16-6-2-5-9-21(16)28-24(31)23(19-7-3-4-8-20(19)26)29(22(30)14-25)15-17-10-12-18(27)13-11-17/h3-4,7-8,10-13,16,21,23H,2,5-6,9,14-15H2,1H3,(H,28,31)/t16-,21-,23-/m1/s1. The first-order valence-corrected chi connectivity index (χ1v) is 11.5. The molecule has 1 fully saturated rings. The fraction of sp³-hybridized carbons (Fsp3) is 0.417. The molecule has 1 N–H and O–H groups in total. The van der Waals surface area contributed by atoms with Gasteiger partial charge in [-0.05, 0) is 42.5 Å². The van der Waals surface area contributed by atoms with Crippen molar-refractivity contribution in [2.24, 2.45) is 5.92 Å². The molecular weight excluding hydrogens is 438 g/mol. The molecule has 31 heavy (non-hydrogen) atoms. The number of nitrogens with one attached hydrogen (secondary N) is 1. The minimum absolute atomic E-state index is 0.0463. The Morgan fingerprint density at radius 3 is 2.45 bits per heavy atom. The number of amides is 2. The van der Waals surface area contributed by atoms with E-state index in [2.05, 4.69) is 12.2 Å². The summed E-state index contributed by atoms with van der Waals surface area (Å²) in [6.45, 7) is 2.24. The SMILES string of the molecule is C[C@@H]1CCCC[C@H]1NC(=O)[C@@H](c1ccccc1Cl)N(Cc1ccc(F)cc1)C(=O)CCl. The Bertz CT molecular complexity index is 907. The number of halogens is 3. The first-order valence-electron chi connectivity index (χ1n) is 10.6. The van der Waals surface area contributed by atoms with Gasteiger partial charge in [0.15, 0.2) is 0 Å². The normalized spacial score (nSPS) is 19.5. The van der Waals surface area contributed by atoms with Crippen molar-refractivity contribution in [2.45, 2.75) is 51.2 Å². The topological polar surface area (TPSA) is 49.4 Å². The maximum Gasteiger partial charge on any atom is 0.247 e. The van der Waals surface area contributed by atoms with Crippen molar-refractivity contribution in [1.29, 1.82) is 0 Å². The molecule has 3 atom stereocenters. The molecule has 0 heterocycles. The summed E-state index contributed by atoms with van der Waals surface area (Å²) in [6, 6.07) is 11.9. The van der Waals surface area contributed by atoms with Gasteiger partial charge in [-0.1, -0.05) is 61.7 Å². The second-order valence-electron chi connectivity index (χ2n) is 8.08. The number of benzene rings is 2. The van der Waals surface area contributed by atoms with Gasteiger partial charge in [-0.25, -0.2) is 4.39 Å². The molecule has 0 spiro atoms. The van der Waals surface area contributed by atoms with Gasteiger partial charge in [0.05, 0.1) is 0 Å². The Morgan fingerprint density at radius 1 is 1.13 bits per heavy atom. The first kappa shape index (κ1) is 23.6. The average Bonchev–Trinajstić information content (AvgIpc) is 2.77. The maximum absolute atomic E-state index is 13.5. The molecule has 4 nitrogen and oxygen atoms in total. The van der Waals surface area contributed by atoms with Crippen LogP contribution in [0.3, 0.4) is 0 Å². The van der Waals surface area contributed by atoms with Gasteiger partial charge in [-0.15, -0.1) is 11.6 Å². The van der Waals surface area contributed by atoms with Crippen LogP contribution in [0.25, 0.3) is 0 Å². The minimum atomic E-state index is -0.945. The Morgan fingerprint density at radius 2 is 1.81 bits per heavy atom. The van der Waals surface area contributed by atoms with E-state index in [1.54, 1.807) is 36.4 Å². The third kappa shape index (κ3) is 5.98. The van der Waals surface area contributed by atoms with Crippen molar-refractivity contribution in [3.05, 3.63) is 70.5 Å². The van der Waals surface area contributed by atoms with Gasteiger partial charge in [0.25, 0.3) is 0 Å². The Hall–Kier alpha value is -2.11. The van der Waals surface area contributed by atoms with Crippen LogP contribution in [0.4, 0.5) is 4.39 Å². The molecule has 2 aromatic carbocycles. The summed E-state index contributed by atoms with van der Waals surface area (Å²) in [6.07, 6.45) is 4.18. The van der Waals surface area contributed by atoms with E-state index >= 15 is 0 Å². The van der Waals surface area contributed by atoms with Crippen LogP contribution in [0.1, 0.15) is 49.8 Å². The summed E-state index contributed by atoms with van der Waals surface area (Å²) >= 11 is 12.4. The molecule has 166 valence electrons. The van der Waals surface area contributed by atoms with Crippen molar-refractivity contribution < 1.29 is 14.0 Å². The van der Waals surface area contributed by atoms with Gasteiger partial charge >= 0.3 is 0 Å². The second-order valence-corrected chi connectivity index (χ2v) is 8.76. The minimum Gasteiger partial charge on any atom is -0.351 e. The highest BCUT2D eigenvalue weighted by atomic mass is 35.5. The summed E-state index contributed by atoms with van der Waals surface area (Å²) in [5, 5.41) is 3.55. The lowest BCUT2D eigenvalue weighted by atomic mass is 9.85. The molecule has 1 aliphatic rings. The molecule has 1 aliphatic carbocycles. The molecule has 0 saturated heterocycles. The summed E-state index contributed by atoms with van der Waals surface area (Å²) in [5.41, 5.74) is 1.22.